The van der Waals surface area contributed by atoms with E-state index in [9.17, 15) is 4.79 Å². The molecule has 5 nitrogen and oxygen atoms in total. The lowest BCUT2D eigenvalue weighted by Crippen LogP contribution is -2.34. The Balaban J connectivity index is 1.83. The molecule has 3 rings (SSSR count). The summed E-state index contributed by atoms with van der Waals surface area (Å²) in [6.07, 6.45) is 5.64. The van der Waals surface area contributed by atoms with Crippen LogP contribution in [-0.2, 0) is 19.5 Å². The molecule has 0 aromatic carbocycles. The van der Waals surface area contributed by atoms with E-state index < -0.39 is 0 Å². The first-order valence-electron chi connectivity index (χ1n) is 8.25. The second-order valence-corrected chi connectivity index (χ2v) is 6.73. The highest BCUT2D eigenvalue weighted by Crippen LogP contribution is 2.22. The molecule has 0 radical (unpaired) electrons. The van der Waals surface area contributed by atoms with Crippen LogP contribution in [0.25, 0.3) is 0 Å². The highest BCUT2D eigenvalue weighted by Gasteiger charge is 2.27. The minimum absolute atomic E-state index is 0.0179. The van der Waals surface area contributed by atoms with Crippen molar-refractivity contribution in [3.8, 4) is 0 Å². The summed E-state index contributed by atoms with van der Waals surface area (Å²) in [6.45, 7) is 7.00. The number of carbonyl (C=O) groups excluding carboxylic acids is 1. The van der Waals surface area contributed by atoms with Crippen molar-refractivity contribution >= 4 is 5.91 Å². The molecule has 2 aliphatic rings. The molecular formula is C16H26N4O. The number of amides is 1. The lowest BCUT2D eigenvalue weighted by atomic mass is 10.1. The van der Waals surface area contributed by atoms with Crippen LogP contribution in [0.1, 0.15) is 61.3 Å². The summed E-state index contributed by atoms with van der Waals surface area (Å²) in [5.74, 6) is 0.555. The van der Waals surface area contributed by atoms with Crippen molar-refractivity contribution < 1.29 is 4.79 Å². The number of aromatic nitrogens is 2. The Bertz CT molecular complexity index is 515. The molecule has 2 heterocycles. The van der Waals surface area contributed by atoms with Crippen LogP contribution in [0.5, 0.6) is 0 Å². The average molecular weight is 290 g/mol. The molecule has 116 valence electrons. The smallest absolute Gasteiger partial charge is 0.272 e. The normalized spacial score (nSPS) is 19.0. The molecule has 0 saturated heterocycles. The second kappa shape index (κ2) is 6.18. The van der Waals surface area contributed by atoms with Crippen LogP contribution < -0.4 is 10.6 Å². The number of hydrogen-bond acceptors (Lipinski definition) is 3. The van der Waals surface area contributed by atoms with Crippen LogP contribution in [0, 0.1) is 5.92 Å². The average Bonchev–Trinajstić information content (AvgIpc) is 3.07. The summed E-state index contributed by atoms with van der Waals surface area (Å²) in [6, 6.07) is 0.347. The van der Waals surface area contributed by atoms with Crippen molar-refractivity contribution in [1.29, 1.82) is 0 Å². The van der Waals surface area contributed by atoms with E-state index in [0.717, 1.165) is 44.5 Å². The van der Waals surface area contributed by atoms with Gasteiger partial charge in [0.25, 0.3) is 5.91 Å². The third kappa shape index (κ3) is 3.12. The molecule has 1 aliphatic heterocycles. The van der Waals surface area contributed by atoms with Gasteiger partial charge in [-0.05, 0) is 18.8 Å². The Kier molecular flexibility index (Phi) is 4.29. The Morgan fingerprint density at radius 1 is 1.43 bits per heavy atom. The van der Waals surface area contributed by atoms with Gasteiger partial charge in [0.15, 0.2) is 5.69 Å². The monoisotopic (exact) mass is 290 g/mol. The van der Waals surface area contributed by atoms with Gasteiger partial charge in [-0.25, -0.2) is 0 Å². The van der Waals surface area contributed by atoms with Gasteiger partial charge in [-0.15, -0.1) is 0 Å². The predicted octanol–water partition coefficient (Wildman–Crippen LogP) is 1.86. The highest BCUT2D eigenvalue weighted by atomic mass is 16.2. The van der Waals surface area contributed by atoms with Crippen LogP contribution in [0.15, 0.2) is 0 Å². The largest absolute Gasteiger partial charge is 0.348 e. The van der Waals surface area contributed by atoms with Gasteiger partial charge in [-0.1, -0.05) is 26.7 Å². The van der Waals surface area contributed by atoms with Crippen molar-refractivity contribution in [2.24, 2.45) is 5.92 Å². The first-order chi connectivity index (χ1) is 10.1. The quantitative estimate of drug-likeness (QED) is 0.890. The fourth-order valence-electron chi connectivity index (χ4n) is 3.42. The van der Waals surface area contributed by atoms with E-state index in [0.29, 0.717) is 17.7 Å². The molecule has 5 heteroatoms. The molecule has 1 aromatic heterocycles. The van der Waals surface area contributed by atoms with Crippen LogP contribution in [0.4, 0.5) is 0 Å². The molecular weight excluding hydrogens is 264 g/mol. The van der Waals surface area contributed by atoms with E-state index in [4.69, 9.17) is 0 Å². The Morgan fingerprint density at radius 2 is 2.19 bits per heavy atom. The molecule has 21 heavy (non-hydrogen) atoms. The molecule has 1 saturated carbocycles. The molecule has 1 fully saturated rings. The van der Waals surface area contributed by atoms with E-state index in [-0.39, 0.29) is 5.91 Å². The summed E-state index contributed by atoms with van der Waals surface area (Å²) in [5, 5.41) is 11.2. The van der Waals surface area contributed by atoms with Gasteiger partial charge >= 0.3 is 0 Å². The van der Waals surface area contributed by atoms with Gasteiger partial charge in [-0.2, -0.15) is 5.10 Å². The van der Waals surface area contributed by atoms with Gasteiger partial charge in [0, 0.05) is 43.4 Å². The highest BCUT2D eigenvalue weighted by molar-refractivity contribution is 5.94. The van der Waals surface area contributed by atoms with E-state index in [1.807, 2.05) is 0 Å². The van der Waals surface area contributed by atoms with Gasteiger partial charge in [0.2, 0.25) is 0 Å². The summed E-state index contributed by atoms with van der Waals surface area (Å²) < 4.78 is 2.06. The number of nitrogens with one attached hydrogen (secondary N) is 2. The fraction of sp³-hybridized carbons (Fsp3) is 0.750. The Labute approximate surface area is 126 Å². The lowest BCUT2D eigenvalue weighted by molar-refractivity contribution is 0.0930. The van der Waals surface area contributed by atoms with Gasteiger partial charge in [0.1, 0.15) is 0 Å². The zero-order valence-electron chi connectivity index (χ0n) is 13.1. The zero-order valence-corrected chi connectivity index (χ0v) is 13.1. The molecule has 2 N–H and O–H groups in total. The third-order valence-corrected chi connectivity index (χ3v) is 4.45. The SMILES string of the molecule is CC(C)Cn1nc(C(=O)NC2CCCC2)c2c1CCNC2. The van der Waals surface area contributed by atoms with Crippen molar-refractivity contribution in [1.82, 2.24) is 20.4 Å². The number of rotatable bonds is 4. The van der Waals surface area contributed by atoms with Crippen LogP contribution in [-0.4, -0.2) is 28.3 Å². The zero-order chi connectivity index (χ0) is 14.8. The topological polar surface area (TPSA) is 59.0 Å². The van der Waals surface area contributed by atoms with E-state index in [2.05, 4.69) is 34.3 Å². The number of fused-ring (bicyclic) bond motifs is 1. The Hall–Kier alpha value is -1.36. The fourth-order valence-corrected chi connectivity index (χ4v) is 3.42. The lowest BCUT2D eigenvalue weighted by Gasteiger charge is -2.16. The maximum atomic E-state index is 12.6. The molecule has 0 atom stereocenters. The van der Waals surface area contributed by atoms with Crippen molar-refractivity contribution in [2.45, 2.75) is 65.1 Å². The van der Waals surface area contributed by atoms with Crippen LogP contribution >= 0.6 is 0 Å². The minimum atomic E-state index is 0.0179. The first-order valence-corrected chi connectivity index (χ1v) is 8.25. The summed E-state index contributed by atoms with van der Waals surface area (Å²) >= 11 is 0. The van der Waals surface area contributed by atoms with Gasteiger partial charge < -0.3 is 10.6 Å². The van der Waals surface area contributed by atoms with E-state index >= 15 is 0 Å². The van der Waals surface area contributed by atoms with Gasteiger partial charge in [-0.3, -0.25) is 9.48 Å². The summed E-state index contributed by atoms with van der Waals surface area (Å²) in [7, 11) is 0. The maximum Gasteiger partial charge on any atom is 0.272 e. The molecule has 1 amide bonds. The molecule has 0 unspecified atom stereocenters. The standard InChI is InChI=1S/C16H26N4O/c1-11(2)10-20-14-7-8-17-9-13(14)15(19-20)16(21)18-12-5-3-4-6-12/h11-12,17H,3-10H2,1-2H3,(H,18,21). The second-order valence-electron chi connectivity index (χ2n) is 6.73. The van der Waals surface area contributed by atoms with Crippen molar-refractivity contribution in [2.75, 3.05) is 6.54 Å². The van der Waals surface area contributed by atoms with Gasteiger partial charge in [0.05, 0.1) is 0 Å². The third-order valence-electron chi connectivity index (χ3n) is 4.45. The van der Waals surface area contributed by atoms with Crippen molar-refractivity contribution in [3.05, 3.63) is 17.0 Å². The molecule has 1 aliphatic carbocycles. The van der Waals surface area contributed by atoms with Crippen LogP contribution in [0.3, 0.4) is 0 Å². The summed E-state index contributed by atoms with van der Waals surface area (Å²) in [4.78, 5) is 12.6. The van der Waals surface area contributed by atoms with E-state index in [1.165, 1.54) is 18.5 Å². The minimum Gasteiger partial charge on any atom is -0.348 e. The number of nitrogens with zero attached hydrogens (tertiary/aromatic N) is 2. The summed E-state index contributed by atoms with van der Waals surface area (Å²) in [5.41, 5.74) is 3.00. The maximum absolute atomic E-state index is 12.6. The molecule has 0 bridgehead atoms. The van der Waals surface area contributed by atoms with Crippen LogP contribution in [0.2, 0.25) is 0 Å². The molecule has 1 aromatic rings. The van der Waals surface area contributed by atoms with E-state index in [1.54, 1.807) is 0 Å². The predicted molar refractivity (Wildman–Crippen MR) is 82.2 cm³/mol. The van der Waals surface area contributed by atoms with Crippen molar-refractivity contribution in [3.63, 3.8) is 0 Å². The Morgan fingerprint density at radius 3 is 2.90 bits per heavy atom. The number of hydrogen-bond donors (Lipinski definition) is 2. The molecule has 0 spiro atoms. The number of carbonyl (C=O) groups is 1. The first kappa shape index (κ1) is 14.6.